The molecule has 5 N–H and O–H groups in total. The number of nitrogens with one attached hydrogen (secondary N) is 1. The topological polar surface area (TPSA) is 162 Å². The van der Waals surface area contributed by atoms with Gasteiger partial charge in [-0.2, -0.15) is 11.8 Å². The predicted octanol–water partition coefficient (Wildman–Crippen LogP) is -0.176. The average Bonchev–Trinajstić information content (AvgIpc) is 3.27. The quantitative estimate of drug-likeness (QED) is 0.296. The van der Waals surface area contributed by atoms with Crippen molar-refractivity contribution in [2.75, 3.05) is 23.8 Å². The summed E-state index contributed by atoms with van der Waals surface area (Å²) in [7, 11) is 0. The Balaban J connectivity index is 1.57. The van der Waals surface area contributed by atoms with E-state index in [4.69, 9.17) is 15.2 Å². The summed E-state index contributed by atoms with van der Waals surface area (Å²) in [6.45, 7) is 3.27. The van der Waals surface area contributed by atoms with E-state index in [2.05, 4.69) is 15.3 Å². The number of carbonyl (C=O) groups is 2. The molecule has 170 valence electrons. The molecule has 3 rings (SSSR count). The molecular weight excluding hydrogens is 426 g/mol. The second kappa shape index (κ2) is 10.3. The second-order valence-electron chi connectivity index (χ2n) is 7.13. The number of anilines is 1. The molecule has 0 radical (unpaired) electrons. The van der Waals surface area contributed by atoms with Gasteiger partial charge in [0.25, 0.3) is 0 Å². The van der Waals surface area contributed by atoms with Crippen LogP contribution in [0, 0.1) is 0 Å². The van der Waals surface area contributed by atoms with Crippen LogP contribution in [0.25, 0.3) is 11.0 Å². The number of rotatable bonds is 9. The van der Waals surface area contributed by atoms with Crippen molar-refractivity contribution in [1.82, 2.24) is 19.9 Å². The Morgan fingerprint density at radius 1 is 1.39 bits per heavy atom. The molecule has 0 unspecified atom stereocenters. The zero-order valence-corrected chi connectivity index (χ0v) is 18.1. The van der Waals surface area contributed by atoms with Crippen LogP contribution in [-0.2, 0) is 19.1 Å². The van der Waals surface area contributed by atoms with Crippen LogP contribution < -0.4 is 11.1 Å². The van der Waals surface area contributed by atoms with E-state index in [0.717, 1.165) is 0 Å². The second-order valence-corrected chi connectivity index (χ2v) is 8.28. The van der Waals surface area contributed by atoms with Gasteiger partial charge in [0.2, 0.25) is 5.91 Å². The van der Waals surface area contributed by atoms with E-state index < -0.39 is 36.6 Å². The molecule has 5 atom stereocenters. The number of aromatic nitrogens is 3. The zero-order chi connectivity index (χ0) is 22.5. The normalized spacial score (nSPS) is 24.3. The highest BCUT2D eigenvalue weighted by atomic mass is 32.2. The lowest BCUT2D eigenvalue weighted by atomic mass is 10.1. The van der Waals surface area contributed by atoms with Gasteiger partial charge in [-0.15, -0.1) is 0 Å². The fraction of sp³-hybridized carbons (Fsp3) is 0.579. The van der Waals surface area contributed by atoms with Gasteiger partial charge >= 0.3 is 5.97 Å². The maximum absolute atomic E-state index is 12.0. The number of nitrogens with two attached hydrogens (primary N) is 1. The Morgan fingerprint density at radius 2 is 2.16 bits per heavy atom. The van der Waals surface area contributed by atoms with Crippen LogP contribution in [0.1, 0.15) is 26.5 Å². The molecule has 1 amide bonds. The summed E-state index contributed by atoms with van der Waals surface area (Å²) >= 11 is 1.44. The molecule has 2 aromatic heterocycles. The largest absolute Gasteiger partial charge is 0.464 e. The van der Waals surface area contributed by atoms with Gasteiger partial charge < -0.3 is 35.3 Å². The molecule has 0 aliphatic carbocycles. The summed E-state index contributed by atoms with van der Waals surface area (Å²) in [6.07, 6.45) is -0.301. The fourth-order valence-corrected chi connectivity index (χ4v) is 4.51. The van der Waals surface area contributed by atoms with Crippen molar-refractivity contribution in [3.05, 3.63) is 18.6 Å². The molecule has 11 nitrogen and oxygen atoms in total. The predicted molar refractivity (Wildman–Crippen MR) is 114 cm³/mol. The van der Waals surface area contributed by atoms with Gasteiger partial charge in [-0.05, 0) is 25.2 Å². The van der Waals surface area contributed by atoms with E-state index in [9.17, 15) is 19.8 Å². The van der Waals surface area contributed by atoms with Gasteiger partial charge in [-0.1, -0.05) is 0 Å². The third-order valence-electron chi connectivity index (χ3n) is 4.93. The van der Waals surface area contributed by atoms with E-state index in [-0.39, 0.29) is 12.5 Å². The van der Waals surface area contributed by atoms with Crippen molar-refractivity contribution in [3.63, 3.8) is 0 Å². The summed E-state index contributed by atoms with van der Waals surface area (Å²) in [6, 6.07) is 1.00. The highest BCUT2D eigenvalue weighted by molar-refractivity contribution is 7.99. The van der Waals surface area contributed by atoms with Crippen molar-refractivity contribution in [1.29, 1.82) is 0 Å². The Bertz CT molecular complexity index is 924. The van der Waals surface area contributed by atoms with Crippen molar-refractivity contribution in [2.45, 2.75) is 50.8 Å². The number of thioether (sulfide) groups is 1. The first-order chi connectivity index (χ1) is 14.8. The SMILES string of the molecule is CCOC(=O)[C@H](CCSC[C@H]1O[C@@H](n2ccc3c(N)ncnc32)[C@H](O)[C@@H]1O)NC(C)=O. The number of amides is 1. The van der Waals surface area contributed by atoms with Crippen LogP contribution >= 0.6 is 11.8 Å². The number of aliphatic hydroxyl groups is 2. The van der Waals surface area contributed by atoms with Crippen molar-refractivity contribution in [2.24, 2.45) is 0 Å². The third kappa shape index (κ3) is 5.26. The molecule has 0 bridgehead atoms. The smallest absolute Gasteiger partial charge is 0.328 e. The number of carbonyl (C=O) groups excluding carboxylic acids is 2. The highest BCUT2D eigenvalue weighted by Crippen LogP contribution is 2.34. The van der Waals surface area contributed by atoms with Gasteiger partial charge in [0.1, 0.15) is 36.0 Å². The minimum absolute atomic E-state index is 0.230. The van der Waals surface area contributed by atoms with Crippen LogP contribution in [0.5, 0.6) is 0 Å². The summed E-state index contributed by atoms with van der Waals surface area (Å²) in [5.74, 6) is 0.436. The Kier molecular flexibility index (Phi) is 7.70. The van der Waals surface area contributed by atoms with E-state index >= 15 is 0 Å². The maximum Gasteiger partial charge on any atom is 0.328 e. The molecule has 0 aromatic carbocycles. The highest BCUT2D eigenvalue weighted by Gasteiger charge is 2.44. The minimum atomic E-state index is -1.15. The molecular formula is C19H27N5O6S. The number of nitrogens with zero attached hydrogens (tertiary/aromatic N) is 3. The summed E-state index contributed by atoms with van der Waals surface area (Å²) in [5.41, 5.74) is 6.36. The lowest BCUT2D eigenvalue weighted by Gasteiger charge is -2.18. The van der Waals surface area contributed by atoms with Crippen molar-refractivity contribution in [3.8, 4) is 0 Å². The number of aliphatic hydroxyl groups excluding tert-OH is 2. The molecule has 31 heavy (non-hydrogen) atoms. The number of esters is 1. The third-order valence-corrected chi connectivity index (χ3v) is 6.02. The Hall–Kier alpha value is -2.41. The minimum Gasteiger partial charge on any atom is -0.464 e. The van der Waals surface area contributed by atoms with E-state index in [1.807, 2.05) is 0 Å². The molecule has 12 heteroatoms. The first kappa shape index (κ1) is 23.3. The fourth-order valence-electron chi connectivity index (χ4n) is 3.43. The zero-order valence-electron chi connectivity index (χ0n) is 17.3. The summed E-state index contributed by atoms with van der Waals surface area (Å²) < 4.78 is 12.5. The van der Waals surface area contributed by atoms with Gasteiger partial charge in [-0.25, -0.2) is 14.8 Å². The molecule has 1 saturated heterocycles. The van der Waals surface area contributed by atoms with Gasteiger partial charge in [-0.3, -0.25) is 4.79 Å². The van der Waals surface area contributed by atoms with Gasteiger partial charge in [0, 0.05) is 18.9 Å². The first-order valence-corrected chi connectivity index (χ1v) is 11.1. The maximum atomic E-state index is 12.0. The van der Waals surface area contributed by atoms with Crippen LogP contribution in [0.3, 0.4) is 0 Å². The van der Waals surface area contributed by atoms with Crippen LogP contribution in [0.2, 0.25) is 0 Å². The summed E-state index contributed by atoms with van der Waals surface area (Å²) in [4.78, 5) is 31.4. The van der Waals surface area contributed by atoms with Crippen LogP contribution in [0.15, 0.2) is 18.6 Å². The standard InChI is InChI=1S/C19H27N5O6S/c1-3-29-19(28)12(23-10(2)25)5-7-31-8-13-14(26)15(27)18(30-13)24-6-4-11-16(20)21-9-22-17(11)24/h4,6,9,12-15,18,26-27H,3,5,7-8H2,1-2H3,(H,23,25)(H2,20,21,22)/t12-,13+,14+,15+,18+/m0/s1. The lowest BCUT2D eigenvalue weighted by molar-refractivity contribution is -0.147. The molecule has 1 aliphatic heterocycles. The van der Waals surface area contributed by atoms with E-state index in [0.29, 0.717) is 34.8 Å². The Morgan fingerprint density at radius 3 is 2.87 bits per heavy atom. The molecule has 0 spiro atoms. The molecule has 0 saturated carbocycles. The van der Waals surface area contributed by atoms with E-state index in [1.165, 1.54) is 25.0 Å². The van der Waals surface area contributed by atoms with Crippen LogP contribution in [0.4, 0.5) is 5.82 Å². The molecule has 2 aromatic rings. The van der Waals surface area contributed by atoms with Gasteiger partial charge in [0.05, 0.1) is 18.1 Å². The number of fused-ring (bicyclic) bond motifs is 1. The Labute approximate surface area is 183 Å². The van der Waals surface area contributed by atoms with Gasteiger partial charge in [0.15, 0.2) is 6.23 Å². The van der Waals surface area contributed by atoms with E-state index in [1.54, 1.807) is 23.8 Å². The number of nitrogen functional groups attached to an aromatic ring is 1. The molecule has 1 fully saturated rings. The first-order valence-electron chi connectivity index (χ1n) is 9.93. The number of hydrogen-bond acceptors (Lipinski definition) is 10. The molecule has 1 aliphatic rings. The number of hydrogen-bond donors (Lipinski definition) is 4. The van der Waals surface area contributed by atoms with Crippen molar-refractivity contribution < 1.29 is 29.3 Å². The van der Waals surface area contributed by atoms with Crippen molar-refractivity contribution >= 4 is 40.5 Å². The van der Waals surface area contributed by atoms with Crippen LogP contribution in [-0.4, -0.2) is 79.1 Å². The average molecular weight is 454 g/mol. The lowest BCUT2D eigenvalue weighted by Crippen LogP contribution is -2.41. The number of ether oxygens (including phenoxy) is 2. The molecule has 3 heterocycles. The summed E-state index contributed by atoms with van der Waals surface area (Å²) in [5, 5.41) is 24.2. The monoisotopic (exact) mass is 453 g/mol.